The van der Waals surface area contributed by atoms with E-state index in [0.29, 0.717) is 43.1 Å². The Bertz CT molecular complexity index is 901. The molecular formula is C17H18N6O2. The van der Waals surface area contributed by atoms with E-state index in [2.05, 4.69) is 24.8 Å². The van der Waals surface area contributed by atoms with Gasteiger partial charge in [-0.2, -0.15) is 0 Å². The van der Waals surface area contributed by atoms with Gasteiger partial charge in [0.25, 0.3) is 5.91 Å². The van der Waals surface area contributed by atoms with Crippen molar-refractivity contribution >= 4 is 22.9 Å². The second kappa shape index (κ2) is 6.39. The summed E-state index contributed by atoms with van der Waals surface area (Å²) in [6.07, 6.45) is 3.14. The van der Waals surface area contributed by atoms with Gasteiger partial charge in [-0.05, 0) is 18.2 Å². The molecule has 1 N–H and O–H groups in total. The van der Waals surface area contributed by atoms with Crippen LogP contribution in [-0.4, -0.2) is 64.0 Å². The van der Waals surface area contributed by atoms with Crippen molar-refractivity contribution < 1.29 is 9.53 Å². The number of nitrogens with one attached hydrogen (secondary N) is 1. The van der Waals surface area contributed by atoms with Crippen molar-refractivity contribution in [1.82, 2.24) is 24.8 Å². The molecule has 1 amide bonds. The van der Waals surface area contributed by atoms with Crippen LogP contribution in [0, 0.1) is 0 Å². The summed E-state index contributed by atoms with van der Waals surface area (Å²) >= 11 is 0. The average Bonchev–Trinajstić information content (AvgIpc) is 3.16. The monoisotopic (exact) mass is 338 g/mol. The number of carbonyl (C=O) groups excluding carboxylic acids is 1. The number of piperazine rings is 1. The Morgan fingerprint density at radius 3 is 2.80 bits per heavy atom. The second-order valence-electron chi connectivity index (χ2n) is 5.81. The van der Waals surface area contributed by atoms with Crippen molar-refractivity contribution in [3.8, 4) is 5.75 Å². The largest absolute Gasteiger partial charge is 0.497 e. The van der Waals surface area contributed by atoms with E-state index in [1.807, 2.05) is 23.1 Å². The molecule has 0 aliphatic carbocycles. The van der Waals surface area contributed by atoms with E-state index in [-0.39, 0.29) is 5.91 Å². The summed E-state index contributed by atoms with van der Waals surface area (Å²) in [5.41, 5.74) is 2.13. The zero-order chi connectivity index (χ0) is 17.2. The lowest BCUT2D eigenvalue weighted by Crippen LogP contribution is -2.49. The van der Waals surface area contributed by atoms with E-state index in [1.165, 1.54) is 6.33 Å². The smallest absolute Gasteiger partial charge is 0.254 e. The lowest BCUT2D eigenvalue weighted by atomic mass is 10.1. The standard InChI is InChI=1S/C17H18N6O2/c1-25-13-4-2-3-12(9-13)17(24)23-7-5-22(6-8-23)16-14-15(19-10-18-14)20-11-21-16/h2-4,9-11H,5-8H2,1H3,(H,18,19,20,21). The van der Waals surface area contributed by atoms with Gasteiger partial charge in [0.1, 0.15) is 17.6 Å². The van der Waals surface area contributed by atoms with Crippen molar-refractivity contribution in [1.29, 1.82) is 0 Å². The van der Waals surface area contributed by atoms with Crippen molar-refractivity contribution in [3.05, 3.63) is 42.5 Å². The van der Waals surface area contributed by atoms with Gasteiger partial charge in [0.15, 0.2) is 11.5 Å². The van der Waals surface area contributed by atoms with E-state index in [4.69, 9.17) is 4.74 Å². The second-order valence-corrected chi connectivity index (χ2v) is 5.81. The Morgan fingerprint density at radius 1 is 1.16 bits per heavy atom. The normalized spacial score (nSPS) is 14.8. The van der Waals surface area contributed by atoms with Crippen LogP contribution in [0.15, 0.2) is 36.9 Å². The topological polar surface area (TPSA) is 87.2 Å². The first-order chi connectivity index (χ1) is 12.3. The summed E-state index contributed by atoms with van der Waals surface area (Å²) in [7, 11) is 1.60. The molecule has 1 fully saturated rings. The molecule has 0 atom stereocenters. The molecule has 1 aliphatic rings. The zero-order valence-corrected chi connectivity index (χ0v) is 13.8. The lowest BCUT2D eigenvalue weighted by Gasteiger charge is -2.35. The van der Waals surface area contributed by atoms with Crippen LogP contribution in [0.4, 0.5) is 5.82 Å². The number of nitrogens with zero attached hydrogens (tertiary/aromatic N) is 5. The molecule has 2 aromatic heterocycles. The Hall–Kier alpha value is -3.16. The number of methoxy groups -OCH3 is 1. The number of imidazole rings is 1. The minimum atomic E-state index is 0.0212. The molecule has 0 saturated carbocycles. The van der Waals surface area contributed by atoms with Gasteiger partial charge in [-0.25, -0.2) is 15.0 Å². The zero-order valence-electron chi connectivity index (χ0n) is 13.8. The van der Waals surface area contributed by atoms with Crippen molar-refractivity contribution in [3.63, 3.8) is 0 Å². The molecule has 3 aromatic rings. The van der Waals surface area contributed by atoms with E-state index in [0.717, 1.165) is 11.3 Å². The molecule has 1 aliphatic heterocycles. The molecule has 25 heavy (non-hydrogen) atoms. The van der Waals surface area contributed by atoms with Gasteiger partial charge in [-0.15, -0.1) is 0 Å². The summed E-state index contributed by atoms with van der Waals surface area (Å²) in [4.78, 5) is 32.5. The molecule has 8 nitrogen and oxygen atoms in total. The Labute approximate surface area is 144 Å². The maximum Gasteiger partial charge on any atom is 0.254 e. The van der Waals surface area contributed by atoms with E-state index in [9.17, 15) is 4.79 Å². The van der Waals surface area contributed by atoms with Gasteiger partial charge in [0.2, 0.25) is 0 Å². The third-order valence-corrected chi connectivity index (χ3v) is 4.39. The minimum Gasteiger partial charge on any atom is -0.497 e. The fraction of sp³-hybridized carbons (Fsp3) is 0.294. The van der Waals surface area contributed by atoms with Gasteiger partial charge < -0.3 is 19.5 Å². The number of aromatic nitrogens is 4. The third kappa shape index (κ3) is 2.86. The SMILES string of the molecule is COc1cccc(C(=O)N2CCN(c3ncnc4nc[nH]c34)CC2)c1. The summed E-state index contributed by atoms with van der Waals surface area (Å²) in [5.74, 6) is 1.54. The molecule has 8 heteroatoms. The molecule has 1 aromatic carbocycles. The summed E-state index contributed by atoms with van der Waals surface area (Å²) in [5, 5.41) is 0. The van der Waals surface area contributed by atoms with Crippen LogP contribution < -0.4 is 9.64 Å². The summed E-state index contributed by atoms with van der Waals surface area (Å²) in [6.45, 7) is 2.69. The van der Waals surface area contributed by atoms with Crippen LogP contribution in [0.2, 0.25) is 0 Å². The third-order valence-electron chi connectivity index (χ3n) is 4.39. The highest BCUT2D eigenvalue weighted by molar-refractivity contribution is 5.95. The highest BCUT2D eigenvalue weighted by Crippen LogP contribution is 2.22. The molecule has 128 valence electrons. The fourth-order valence-electron chi connectivity index (χ4n) is 3.05. The summed E-state index contributed by atoms with van der Waals surface area (Å²) in [6, 6.07) is 7.25. The first-order valence-electron chi connectivity index (χ1n) is 8.08. The first-order valence-corrected chi connectivity index (χ1v) is 8.08. The number of fused-ring (bicyclic) bond motifs is 1. The minimum absolute atomic E-state index is 0.0212. The molecule has 0 bridgehead atoms. The van der Waals surface area contributed by atoms with Gasteiger partial charge >= 0.3 is 0 Å². The molecule has 1 saturated heterocycles. The highest BCUT2D eigenvalue weighted by Gasteiger charge is 2.24. The predicted molar refractivity (Wildman–Crippen MR) is 92.8 cm³/mol. The van der Waals surface area contributed by atoms with Crippen molar-refractivity contribution in [2.24, 2.45) is 0 Å². The quantitative estimate of drug-likeness (QED) is 0.775. The molecule has 3 heterocycles. The Balaban J connectivity index is 1.48. The summed E-state index contributed by atoms with van der Waals surface area (Å²) < 4.78 is 5.20. The van der Waals surface area contributed by atoms with Crippen LogP contribution in [-0.2, 0) is 0 Å². The number of H-pyrrole nitrogens is 1. The Kier molecular flexibility index (Phi) is 3.93. The lowest BCUT2D eigenvalue weighted by molar-refractivity contribution is 0.0746. The van der Waals surface area contributed by atoms with Crippen molar-refractivity contribution in [2.75, 3.05) is 38.2 Å². The number of hydrogen-bond acceptors (Lipinski definition) is 6. The maximum atomic E-state index is 12.7. The van der Waals surface area contributed by atoms with Gasteiger partial charge in [0, 0.05) is 31.7 Å². The van der Waals surface area contributed by atoms with Crippen LogP contribution in [0.25, 0.3) is 11.2 Å². The maximum absolute atomic E-state index is 12.7. The van der Waals surface area contributed by atoms with Crippen LogP contribution in [0.3, 0.4) is 0 Å². The van der Waals surface area contributed by atoms with E-state index < -0.39 is 0 Å². The average molecular weight is 338 g/mol. The molecule has 4 rings (SSSR count). The van der Waals surface area contributed by atoms with Crippen LogP contribution in [0.1, 0.15) is 10.4 Å². The van der Waals surface area contributed by atoms with E-state index in [1.54, 1.807) is 19.5 Å². The number of amides is 1. The number of rotatable bonds is 3. The number of ether oxygens (including phenoxy) is 1. The molecule has 0 radical (unpaired) electrons. The van der Waals surface area contributed by atoms with Crippen LogP contribution in [0.5, 0.6) is 5.75 Å². The van der Waals surface area contributed by atoms with E-state index >= 15 is 0 Å². The van der Waals surface area contributed by atoms with Gasteiger partial charge in [0.05, 0.1) is 13.4 Å². The molecule has 0 unspecified atom stereocenters. The number of carbonyl (C=O) groups is 1. The van der Waals surface area contributed by atoms with Gasteiger partial charge in [-0.1, -0.05) is 6.07 Å². The number of hydrogen-bond donors (Lipinski definition) is 1. The molecular weight excluding hydrogens is 320 g/mol. The van der Waals surface area contributed by atoms with Crippen LogP contribution >= 0.6 is 0 Å². The fourth-order valence-corrected chi connectivity index (χ4v) is 3.05. The predicted octanol–water partition coefficient (Wildman–Crippen LogP) is 1.32. The van der Waals surface area contributed by atoms with Gasteiger partial charge in [-0.3, -0.25) is 4.79 Å². The number of benzene rings is 1. The van der Waals surface area contributed by atoms with Crippen molar-refractivity contribution in [2.45, 2.75) is 0 Å². The number of anilines is 1. The number of aromatic amines is 1. The Morgan fingerprint density at radius 2 is 2.00 bits per heavy atom. The highest BCUT2D eigenvalue weighted by atomic mass is 16.5. The first kappa shape index (κ1) is 15.4. The molecule has 0 spiro atoms.